The molecular weight excluding hydrogens is 332 g/mol. The standard InChI is InChI=1S/C20H34N2O4/c23-17-9-5-15(6-10-17)21-19(25)13-1-2-14(4-3-13)20(26)22-16-7-11-18(24)12-8-16/h13-18,23-24H,1-12H2,(H,21,25)(H,22,26). The number of carbonyl (C=O) groups excluding carboxylic acids is 2. The van der Waals surface area contributed by atoms with Gasteiger partial charge in [-0.2, -0.15) is 0 Å². The maximum Gasteiger partial charge on any atom is 0.223 e. The normalized spacial score (nSPS) is 38.4. The third-order valence-electron chi connectivity index (χ3n) is 6.55. The largest absolute Gasteiger partial charge is 0.393 e. The first-order valence-electron chi connectivity index (χ1n) is 10.5. The summed E-state index contributed by atoms with van der Waals surface area (Å²) in [5.74, 6) is 0.310. The Labute approximate surface area is 156 Å². The SMILES string of the molecule is O=C(NC1CCC(O)CC1)C1CCC(C(=O)NC2CCC(O)CC2)CC1. The number of nitrogens with one attached hydrogen (secondary N) is 2. The minimum Gasteiger partial charge on any atom is -0.393 e. The van der Waals surface area contributed by atoms with Gasteiger partial charge in [0, 0.05) is 23.9 Å². The summed E-state index contributed by atoms with van der Waals surface area (Å²) in [5, 5.41) is 25.4. The van der Waals surface area contributed by atoms with Gasteiger partial charge in [-0.25, -0.2) is 0 Å². The molecule has 6 nitrogen and oxygen atoms in total. The molecule has 3 saturated carbocycles. The lowest BCUT2D eigenvalue weighted by Crippen LogP contribution is -2.45. The number of hydrogen-bond acceptors (Lipinski definition) is 4. The summed E-state index contributed by atoms with van der Waals surface area (Å²) < 4.78 is 0. The second-order valence-corrected chi connectivity index (χ2v) is 8.58. The molecule has 0 heterocycles. The van der Waals surface area contributed by atoms with Crippen LogP contribution in [0.3, 0.4) is 0 Å². The van der Waals surface area contributed by atoms with E-state index in [-0.39, 0.29) is 47.9 Å². The molecule has 0 atom stereocenters. The van der Waals surface area contributed by atoms with Crippen molar-refractivity contribution in [2.45, 2.75) is 101 Å². The average molecular weight is 367 g/mol. The van der Waals surface area contributed by atoms with Crippen molar-refractivity contribution in [1.82, 2.24) is 10.6 Å². The maximum atomic E-state index is 12.5. The lowest BCUT2D eigenvalue weighted by atomic mass is 9.80. The number of carbonyl (C=O) groups is 2. The van der Waals surface area contributed by atoms with Crippen molar-refractivity contribution in [2.24, 2.45) is 11.8 Å². The van der Waals surface area contributed by atoms with Crippen LogP contribution in [0.4, 0.5) is 0 Å². The summed E-state index contributed by atoms with van der Waals surface area (Å²) in [5.41, 5.74) is 0. The molecule has 0 saturated heterocycles. The zero-order valence-electron chi connectivity index (χ0n) is 15.7. The highest BCUT2D eigenvalue weighted by atomic mass is 16.3. The van der Waals surface area contributed by atoms with Crippen molar-refractivity contribution >= 4 is 11.8 Å². The first-order chi connectivity index (χ1) is 12.5. The molecule has 2 amide bonds. The van der Waals surface area contributed by atoms with Crippen LogP contribution in [0.15, 0.2) is 0 Å². The van der Waals surface area contributed by atoms with E-state index in [1.807, 2.05) is 0 Å². The number of aliphatic hydroxyl groups is 2. The smallest absolute Gasteiger partial charge is 0.223 e. The van der Waals surface area contributed by atoms with Gasteiger partial charge in [-0.05, 0) is 77.0 Å². The van der Waals surface area contributed by atoms with Crippen LogP contribution in [-0.2, 0) is 9.59 Å². The van der Waals surface area contributed by atoms with E-state index in [0.29, 0.717) is 0 Å². The van der Waals surface area contributed by atoms with Crippen molar-refractivity contribution < 1.29 is 19.8 Å². The van der Waals surface area contributed by atoms with E-state index in [1.165, 1.54) is 0 Å². The molecule has 4 N–H and O–H groups in total. The third-order valence-corrected chi connectivity index (χ3v) is 6.55. The van der Waals surface area contributed by atoms with Crippen LogP contribution in [-0.4, -0.2) is 46.3 Å². The second-order valence-electron chi connectivity index (χ2n) is 8.58. The molecule has 0 bridgehead atoms. The number of rotatable bonds is 4. The molecule has 0 aromatic rings. The van der Waals surface area contributed by atoms with Gasteiger partial charge >= 0.3 is 0 Å². The molecular formula is C20H34N2O4. The first-order valence-corrected chi connectivity index (χ1v) is 10.5. The monoisotopic (exact) mass is 366 g/mol. The summed E-state index contributed by atoms with van der Waals surface area (Å²) in [7, 11) is 0. The van der Waals surface area contributed by atoms with E-state index in [0.717, 1.165) is 77.0 Å². The molecule has 148 valence electrons. The Bertz CT molecular complexity index is 430. The van der Waals surface area contributed by atoms with Gasteiger partial charge in [-0.1, -0.05) is 0 Å². The zero-order chi connectivity index (χ0) is 18.5. The van der Waals surface area contributed by atoms with Gasteiger partial charge in [0.2, 0.25) is 11.8 Å². The van der Waals surface area contributed by atoms with Crippen LogP contribution in [0.2, 0.25) is 0 Å². The van der Waals surface area contributed by atoms with Crippen LogP contribution in [0.25, 0.3) is 0 Å². The van der Waals surface area contributed by atoms with E-state index in [1.54, 1.807) is 0 Å². The Morgan fingerprint density at radius 3 is 1.15 bits per heavy atom. The summed E-state index contributed by atoms with van der Waals surface area (Å²) in [6, 6.07) is 0.405. The van der Waals surface area contributed by atoms with Crippen molar-refractivity contribution in [3.05, 3.63) is 0 Å². The summed E-state index contributed by atoms with van der Waals surface area (Å²) in [4.78, 5) is 24.9. The van der Waals surface area contributed by atoms with Gasteiger partial charge in [0.1, 0.15) is 0 Å². The lowest BCUT2D eigenvalue weighted by Gasteiger charge is -2.32. The molecule has 6 heteroatoms. The molecule has 0 unspecified atom stereocenters. The van der Waals surface area contributed by atoms with E-state index < -0.39 is 0 Å². The number of aliphatic hydroxyl groups excluding tert-OH is 2. The Morgan fingerprint density at radius 2 is 0.846 bits per heavy atom. The summed E-state index contributed by atoms with van der Waals surface area (Å²) >= 11 is 0. The second kappa shape index (κ2) is 9.18. The molecule has 0 aromatic heterocycles. The Morgan fingerprint density at radius 1 is 0.538 bits per heavy atom. The Hall–Kier alpha value is -1.14. The van der Waals surface area contributed by atoms with Gasteiger partial charge in [-0.3, -0.25) is 9.59 Å². The van der Waals surface area contributed by atoms with E-state index in [2.05, 4.69) is 10.6 Å². The molecule has 3 fully saturated rings. The third kappa shape index (κ3) is 5.43. The van der Waals surface area contributed by atoms with Gasteiger partial charge in [0.15, 0.2) is 0 Å². The summed E-state index contributed by atoms with van der Waals surface area (Å²) in [6.45, 7) is 0. The van der Waals surface area contributed by atoms with Crippen LogP contribution in [0, 0.1) is 11.8 Å². The Balaban J connectivity index is 1.36. The van der Waals surface area contributed by atoms with Crippen LogP contribution in [0.1, 0.15) is 77.0 Å². The number of hydrogen-bond donors (Lipinski definition) is 4. The fraction of sp³-hybridized carbons (Fsp3) is 0.900. The highest BCUT2D eigenvalue weighted by Crippen LogP contribution is 2.30. The fourth-order valence-corrected chi connectivity index (χ4v) is 4.70. The van der Waals surface area contributed by atoms with Gasteiger partial charge in [0.05, 0.1) is 12.2 Å². The predicted octanol–water partition coefficient (Wildman–Crippen LogP) is 1.63. The highest BCUT2D eigenvalue weighted by molar-refractivity contribution is 5.81. The minimum absolute atomic E-state index is 0.0238. The molecule has 0 aliphatic heterocycles. The summed E-state index contributed by atoms with van der Waals surface area (Å²) in [6.07, 6.45) is 9.26. The van der Waals surface area contributed by atoms with E-state index in [9.17, 15) is 19.8 Å². The lowest BCUT2D eigenvalue weighted by molar-refractivity contribution is -0.131. The van der Waals surface area contributed by atoms with Crippen molar-refractivity contribution in [1.29, 1.82) is 0 Å². The zero-order valence-corrected chi connectivity index (χ0v) is 15.7. The van der Waals surface area contributed by atoms with Gasteiger partial charge < -0.3 is 20.8 Å². The minimum atomic E-state index is -0.204. The van der Waals surface area contributed by atoms with E-state index in [4.69, 9.17) is 0 Å². The van der Waals surface area contributed by atoms with Crippen molar-refractivity contribution in [3.8, 4) is 0 Å². The predicted molar refractivity (Wildman–Crippen MR) is 98.3 cm³/mol. The Kier molecular flexibility index (Phi) is 6.92. The van der Waals surface area contributed by atoms with Crippen LogP contribution >= 0.6 is 0 Å². The highest BCUT2D eigenvalue weighted by Gasteiger charge is 2.32. The quantitative estimate of drug-likeness (QED) is 0.608. The molecule has 3 aliphatic rings. The van der Waals surface area contributed by atoms with Crippen LogP contribution < -0.4 is 10.6 Å². The molecule has 3 aliphatic carbocycles. The van der Waals surface area contributed by atoms with Gasteiger partial charge in [-0.15, -0.1) is 0 Å². The molecule has 0 radical (unpaired) electrons. The number of amides is 2. The topological polar surface area (TPSA) is 98.7 Å². The molecule has 3 rings (SSSR count). The molecule has 0 aromatic carbocycles. The van der Waals surface area contributed by atoms with E-state index >= 15 is 0 Å². The van der Waals surface area contributed by atoms with Crippen molar-refractivity contribution in [2.75, 3.05) is 0 Å². The van der Waals surface area contributed by atoms with Crippen LogP contribution in [0.5, 0.6) is 0 Å². The maximum absolute atomic E-state index is 12.5. The molecule has 0 spiro atoms. The average Bonchev–Trinajstić information content (AvgIpc) is 2.65. The fourth-order valence-electron chi connectivity index (χ4n) is 4.70. The van der Waals surface area contributed by atoms with Crippen molar-refractivity contribution in [3.63, 3.8) is 0 Å². The van der Waals surface area contributed by atoms with Gasteiger partial charge in [0.25, 0.3) is 0 Å². The first kappa shape index (κ1) is 19.6. The molecule has 26 heavy (non-hydrogen) atoms.